The van der Waals surface area contributed by atoms with Crippen LogP contribution in [0.4, 0.5) is 11.4 Å². The van der Waals surface area contributed by atoms with E-state index in [2.05, 4.69) is 15.6 Å². The lowest BCUT2D eigenvalue weighted by Gasteiger charge is -2.24. The molecule has 4 aromatic carbocycles. The fourth-order valence-corrected chi connectivity index (χ4v) is 7.44. The molecule has 10 nitrogen and oxygen atoms in total. The molecule has 0 aliphatic carbocycles. The summed E-state index contributed by atoms with van der Waals surface area (Å²) in [7, 11) is 0. The highest BCUT2D eigenvalue weighted by Crippen LogP contribution is 2.34. The van der Waals surface area contributed by atoms with E-state index < -0.39 is 12.1 Å². The van der Waals surface area contributed by atoms with Gasteiger partial charge in [-0.25, -0.2) is 0 Å². The minimum absolute atomic E-state index is 0.0630. The molecule has 5 aromatic rings. The number of aromatic nitrogens is 1. The second-order valence-corrected chi connectivity index (χ2v) is 13.6. The Morgan fingerprint density at radius 3 is 1.67 bits per heavy atom. The van der Waals surface area contributed by atoms with Crippen molar-refractivity contribution in [2.24, 2.45) is 0 Å². The second kappa shape index (κ2) is 15.1. The lowest BCUT2D eigenvalue weighted by molar-refractivity contribution is -0.136. The van der Waals surface area contributed by atoms with Gasteiger partial charge in [-0.05, 0) is 79.6 Å². The molecule has 0 bridgehead atoms. The Morgan fingerprint density at radius 2 is 1.15 bits per heavy atom. The summed E-state index contributed by atoms with van der Waals surface area (Å²) in [5.74, 6) is -0.757. The zero-order valence-electron chi connectivity index (χ0n) is 29.1. The number of hydrogen-bond donors (Lipinski definition) is 3. The van der Waals surface area contributed by atoms with Crippen LogP contribution in [-0.2, 0) is 32.0 Å². The van der Waals surface area contributed by atoms with Crippen LogP contribution in [-0.4, -0.2) is 69.4 Å². The average molecular weight is 696 g/mol. The standard InChI is InChI=1S/C42H41N5O5/c1-27(48)39-33-26-32(44-42(52)36-15-9-23-47(36)38(50)25-29-12-6-3-7-13-29)20-21-34(33)45-40(39)30-16-18-31(19-17-30)43-41(51)35-14-8-22-46(35)37(49)24-28-10-4-2-5-11-28/h2-7,10-13,16-21,26,35-36,45H,8-9,14-15,22-25H2,1H3,(H,43,51)(H,44,52)/t35?,36-/m0/s1. The predicted molar refractivity (Wildman–Crippen MR) is 201 cm³/mol. The summed E-state index contributed by atoms with van der Waals surface area (Å²) in [5, 5.41) is 6.63. The van der Waals surface area contributed by atoms with Crippen molar-refractivity contribution in [1.29, 1.82) is 0 Å². The molecule has 52 heavy (non-hydrogen) atoms. The van der Waals surface area contributed by atoms with Crippen molar-refractivity contribution >= 4 is 51.7 Å². The van der Waals surface area contributed by atoms with Crippen LogP contribution in [0.2, 0.25) is 0 Å². The topological polar surface area (TPSA) is 132 Å². The summed E-state index contributed by atoms with van der Waals surface area (Å²) < 4.78 is 0. The van der Waals surface area contributed by atoms with Crippen LogP contribution in [0.3, 0.4) is 0 Å². The average Bonchev–Trinajstić information content (AvgIpc) is 3.92. The number of hydrogen-bond acceptors (Lipinski definition) is 5. The lowest BCUT2D eigenvalue weighted by atomic mass is 10.0. The number of benzene rings is 4. The maximum Gasteiger partial charge on any atom is 0.247 e. The third-order valence-corrected chi connectivity index (χ3v) is 10.0. The number of carbonyl (C=O) groups is 5. The molecule has 3 heterocycles. The summed E-state index contributed by atoms with van der Waals surface area (Å²) in [6.45, 7) is 2.59. The van der Waals surface area contributed by atoms with Gasteiger partial charge in [0, 0.05) is 35.4 Å². The van der Waals surface area contributed by atoms with E-state index in [1.165, 1.54) is 6.92 Å². The minimum atomic E-state index is -0.563. The van der Waals surface area contributed by atoms with E-state index in [-0.39, 0.29) is 42.3 Å². The quantitative estimate of drug-likeness (QED) is 0.146. The smallest absolute Gasteiger partial charge is 0.247 e. The molecule has 0 spiro atoms. The summed E-state index contributed by atoms with van der Waals surface area (Å²) in [6, 6.07) is 30.6. The molecule has 2 aliphatic rings. The van der Waals surface area contributed by atoms with Gasteiger partial charge in [0.15, 0.2) is 5.78 Å². The molecule has 7 rings (SSSR count). The molecule has 3 N–H and O–H groups in total. The third-order valence-electron chi connectivity index (χ3n) is 10.0. The maximum atomic E-state index is 13.5. The van der Waals surface area contributed by atoms with E-state index in [0.29, 0.717) is 53.9 Å². The first-order valence-corrected chi connectivity index (χ1v) is 17.8. The summed E-state index contributed by atoms with van der Waals surface area (Å²) in [6.07, 6.45) is 3.21. The van der Waals surface area contributed by atoms with Crippen LogP contribution >= 0.6 is 0 Å². The van der Waals surface area contributed by atoms with Gasteiger partial charge in [-0.15, -0.1) is 0 Å². The number of nitrogens with zero attached hydrogens (tertiary/aromatic N) is 2. The Labute approximate surface area is 302 Å². The highest BCUT2D eigenvalue weighted by molar-refractivity contribution is 6.13. The molecule has 0 saturated carbocycles. The molecule has 2 saturated heterocycles. The van der Waals surface area contributed by atoms with Crippen LogP contribution in [0, 0.1) is 0 Å². The largest absolute Gasteiger partial charge is 0.354 e. The van der Waals surface area contributed by atoms with Crippen LogP contribution in [0.1, 0.15) is 54.1 Å². The Kier molecular flexibility index (Phi) is 9.97. The predicted octanol–water partition coefficient (Wildman–Crippen LogP) is 6.38. The third kappa shape index (κ3) is 7.37. The van der Waals surface area contributed by atoms with Gasteiger partial charge in [0.2, 0.25) is 23.6 Å². The number of nitrogens with one attached hydrogen (secondary N) is 3. The number of ketones is 1. The van der Waals surface area contributed by atoms with E-state index in [4.69, 9.17) is 0 Å². The van der Waals surface area contributed by atoms with E-state index in [1.54, 1.807) is 34.1 Å². The summed E-state index contributed by atoms with van der Waals surface area (Å²) in [5.41, 5.74) is 5.56. The summed E-state index contributed by atoms with van der Waals surface area (Å²) >= 11 is 0. The highest BCUT2D eigenvalue weighted by Gasteiger charge is 2.35. The highest BCUT2D eigenvalue weighted by atomic mass is 16.2. The van der Waals surface area contributed by atoms with Crippen molar-refractivity contribution in [3.8, 4) is 11.3 Å². The van der Waals surface area contributed by atoms with Gasteiger partial charge in [0.1, 0.15) is 12.1 Å². The van der Waals surface area contributed by atoms with Crippen molar-refractivity contribution in [2.45, 2.75) is 57.5 Å². The zero-order valence-corrected chi connectivity index (χ0v) is 29.1. The van der Waals surface area contributed by atoms with Crippen LogP contribution in [0.15, 0.2) is 103 Å². The number of anilines is 2. The molecule has 1 unspecified atom stereocenters. The first kappa shape index (κ1) is 34.4. The minimum Gasteiger partial charge on any atom is -0.354 e. The van der Waals surface area contributed by atoms with Crippen molar-refractivity contribution in [3.05, 3.63) is 120 Å². The normalized spacial score (nSPS) is 16.9. The second-order valence-electron chi connectivity index (χ2n) is 13.6. The van der Waals surface area contributed by atoms with E-state index in [1.807, 2.05) is 78.9 Å². The number of carbonyl (C=O) groups excluding carboxylic acids is 5. The Hall–Kier alpha value is -6.03. The molecule has 2 atom stereocenters. The van der Waals surface area contributed by atoms with E-state index >= 15 is 0 Å². The van der Waals surface area contributed by atoms with Gasteiger partial charge in [0.25, 0.3) is 0 Å². The number of rotatable bonds is 10. The van der Waals surface area contributed by atoms with Gasteiger partial charge in [-0.3, -0.25) is 24.0 Å². The van der Waals surface area contributed by atoms with Gasteiger partial charge >= 0.3 is 0 Å². The molecule has 0 radical (unpaired) electrons. The lowest BCUT2D eigenvalue weighted by Crippen LogP contribution is -2.43. The SMILES string of the molecule is CC(=O)c1c(-c2ccc(NC(=O)C3CCCN3C(=O)Cc3ccccc3)cc2)[nH]c2ccc(NC(=O)[C@@H]3CCCN3C(=O)Cc3ccccc3)cc12. The monoisotopic (exact) mass is 695 g/mol. The number of fused-ring (bicyclic) bond motifs is 1. The summed E-state index contributed by atoms with van der Waals surface area (Å²) in [4.78, 5) is 72.7. The maximum absolute atomic E-state index is 13.5. The van der Waals surface area contributed by atoms with Gasteiger partial charge < -0.3 is 25.4 Å². The van der Waals surface area contributed by atoms with E-state index in [9.17, 15) is 24.0 Å². The number of H-pyrrole nitrogens is 1. The zero-order chi connectivity index (χ0) is 36.2. The van der Waals surface area contributed by atoms with Gasteiger partial charge in [-0.1, -0.05) is 72.8 Å². The molecule has 2 aliphatic heterocycles. The Morgan fingerprint density at radius 1 is 0.654 bits per heavy atom. The van der Waals surface area contributed by atoms with Crippen molar-refractivity contribution in [1.82, 2.24) is 14.8 Å². The Balaban J connectivity index is 1.03. The van der Waals surface area contributed by atoms with Crippen molar-refractivity contribution in [2.75, 3.05) is 23.7 Å². The molecule has 2 fully saturated rings. The first-order chi connectivity index (χ1) is 25.2. The van der Waals surface area contributed by atoms with Gasteiger partial charge in [-0.2, -0.15) is 0 Å². The van der Waals surface area contributed by atoms with E-state index in [0.717, 1.165) is 35.0 Å². The fraction of sp³-hybridized carbons (Fsp3) is 0.262. The number of Topliss-reactive ketones (excluding diaryl/α,β-unsaturated/α-hetero) is 1. The molecule has 10 heteroatoms. The van der Waals surface area contributed by atoms with Crippen LogP contribution in [0.5, 0.6) is 0 Å². The number of amides is 4. The first-order valence-electron chi connectivity index (χ1n) is 17.8. The Bertz CT molecular complexity index is 2130. The number of aromatic amines is 1. The molecule has 1 aromatic heterocycles. The molecule has 264 valence electrons. The number of likely N-dealkylation sites (tertiary alicyclic amines) is 2. The van der Waals surface area contributed by atoms with Crippen molar-refractivity contribution in [3.63, 3.8) is 0 Å². The molecular formula is C42H41N5O5. The van der Waals surface area contributed by atoms with Gasteiger partial charge in [0.05, 0.1) is 24.1 Å². The molecule has 4 amide bonds. The molecular weight excluding hydrogens is 654 g/mol. The fourth-order valence-electron chi connectivity index (χ4n) is 7.44. The van der Waals surface area contributed by atoms with Crippen LogP contribution in [0.25, 0.3) is 22.2 Å². The van der Waals surface area contributed by atoms with Crippen molar-refractivity contribution < 1.29 is 24.0 Å². The van der Waals surface area contributed by atoms with Crippen LogP contribution < -0.4 is 10.6 Å².